The van der Waals surface area contributed by atoms with Crippen LogP contribution in [0.5, 0.6) is 0 Å². The molecule has 0 aliphatic carbocycles. The van der Waals surface area contributed by atoms with Crippen molar-refractivity contribution in [2.75, 3.05) is 18.5 Å². The Balaban J connectivity index is 1.57. The van der Waals surface area contributed by atoms with Crippen LogP contribution in [0.4, 0.5) is 20.4 Å². The van der Waals surface area contributed by atoms with Gasteiger partial charge in [0.2, 0.25) is 5.95 Å². The van der Waals surface area contributed by atoms with Crippen LogP contribution in [0.2, 0.25) is 0 Å². The number of rotatable bonds is 9. The first-order chi connectivity index (χ1) is 17.3. The highest BCUT2D eigenvalue weighted by Crippen LogP contribution is 2.33. The van der Waals surface area contributed by atoms with Crippen LogP contribution in [0.1, 0.15) is 29.4 Å². The summed E-state index contributed by atoms with van der Waals surface area (Å²) >= 11 is 0. The van der Waals surface area contributed by atoms with E-state index >= 15 is 0 Å². The average Bonchev–Trinajstić information content (AvgIpc) is 3.34. The topological polar surface area (TPSA) is 132 Å². The van der Waals surface area contributed by atoms with E-state index in [9.17, 15) is 23.7 Å². The standard InChI is InChI=1S/C24H20F2N6O4/c1-2-36-22(33)18-14-29-23(31-21(18)17-6-4-15(25)12-19(17)26)27-11-9-24(8-3-10-30-24)20-7-5-16(13-28-20)32(34)35/h3-8,10,12-14H,2,9,11H2,1H3,(H,27,29,31). The molecule has 1 aliphatic heterocycles. The van der Waals surface area contributed by atoms with Gasteiger partial charge in [-0.05, 0) is 43.7 Å². The van der Waals surface area contributed by atoms with Gasteiger partial charge in [0.1, 0.15) is 28.9 Å². The Kier molecular flexibility index (Phi) is 7.04. The van der Waals surface area contributed by atoms with Crippen LogP contribution in [-0.2, 0) is 10.3 Å². The molecule has 0 amide bonds. The summed E-state index contributed by atoms with van der Waals surface area (Å²) in [5, 5.41) is 14.0. The Morgan fingerprint density at radius 2 is 2.03 bits per heavy atom. The molecule has 2 aromatic heterocycles. The number of aliphatic imine (C=N–C) groups is 1. The normalized spacial score (nSPS) is 16.2. The average molecular weight is 494 g/mol. The van der Waals surface area contributed by atoms with Crippen LogP contribution in [0.3, 0.4) is 0 Å². The zero-order valence-corrected chi connectivity index (χ0v) is 19.0. The molecule has 1 unspecified atom stereocenters. The number of allylic oxidation sites excluding steroid dienone is 1. The molecule has 184 valence electrons. The second-order valence-corrected chi connectivity index (χ2v) is 7.70. The number of ether oxygens (including phenoxy) is 1. The number of halogens is 2. The Morgan fingerprint density at radius 1 is 1.19 bits per heavy atom. The van der Waals surface area contributed by atoms with E-state index in [1.54, 1.807) is 25.3 Å². The first-order valence-electron chi connectivity index (χ1n) is 10.9. The van der Waals surface area contributed by atoms with E-state index in [4.69, 9.17) is 4.74 Å². The molecule has 36 heavy (non-hydrogen) atoms. The van der Waals surface area contributed by atoms with Gasteiger partial charge in [0.15, 0.2) is 0 Å². The van der Waals surface area contributed by atoms with Crippen molar-refractivity contribution in [3.8, 4) is 11.3 Å². The van der Waals surface area contributed by atoms with Crippen LogP contribution < -0.4 is 5.32 Å². The second-order valence-electron chi connectivity index (χ2n) is 7.70. The van der Waals surface area contributed by atoms with E-state index in [0.717, 1.165) is 6.07 Å². The molecule has 4 rings (SSSR count). The number of carbonyl (C=O) groups is 1. The number of aromatic nitrogens is 3. The van der Waals surface area contributed by atoms with E-state index < -0.39 is 28.1 Å². The van der Waals surface area contributed by atoms with Crippen LogP contribution >= 0.6 is 0 Å². The van der Waals surface area contributed by atoms with Crippen LogP contribution in [0.25, 0.3) is 11.3 Å². The Morgan fingerprint density at radius 3 is 2.67 bits per heavy atom. The molecule has 0 saturated heterocycles. The maximum absolute atomic E-state index is 14.5. The Bertz CT molecular complexity index is 1350. The molecule has 10 nitrogen and oxygen atoms in total. The quantitative estimate of drug-likeness (QED) is 0.265. The molecule has 1 atom stereocenters. The van der Waals surface area contributed by atoms with Gasteiger partial charge in [-0.15, -0.1) is 0 Å². The molecule has 0 fully saturated rings. The zero-order valence-electron chi connectivity index (χ0n) is 19.0. The second kappa shape index (κ2) is 10.3. The molecule has 0 saturated carbocycles. The predicted octanol–water partition coefficient (Wildman–Crippen LogP) is 4.24. The van der Waals surface area contributed by atoms with E-state index in [-0.39, 0.29) is 41.6 Å². The number of nitro groups is 1. The molecule has 3 heterocycles. The highest BCUT2D eigenvalue weighted by atomic mass is 19.1. The van der Waals surface area contributed by atoms with Gasteiger partial charge in [0.05, 0.1) is 22.9 Å². The fourth-order valence-electron chi connectivity index (χ4n) is 3.68. The number of nitrogens with one attached hydrogen (secondary N) is 1. The summed E-state index contributed by atoms with van der Waals surface area (Å²) in [7, 11) is 0. The van der Waals surface area contributed by atoms with Gasteiger partial charge < -0.3 is 10.1 Å². The van der Waals surface area contributed by atoms with Crippen LogP contribution in [0.15, 0.2) is 59.9 Å². The monoisotopic (exact) mass is 494 g/mol. The minimum Gasteiger partial charge on any atom is -0.462 e. The SMILES string of the molecule is CCOC(=O)c1cnc(NCCC2(c3ccc([N+](=O)[O-])cn3)C=CC=N2)nc1-c1ccc(F)cc1F. The third-order valence-corrected chi connectivity index (χ3v) is 5.42. The summed E-state index contributed by atoms with van der Waals surface area (Å²) < 4.78 is 33.0. The van der Waals surface area contributed by atoms with Gasteiger partial charge in [-0.2, -0.15) is 0 Å². The van der Waals surface area contributed by atoms with Gasteiger partial charge in [-0.1, -0.05) is 0 Å². The highest BCUT2D eigenvalue weighted by molar-refractivity contribution is 5.96. The van der Waals surface area contributed by atoms with Crippen molar-refractivity contribution in [2.45, 2.75) is 18.9 Å². The summed E-state index contributed by atoms with van der Waals surface area (Å²) in [6.45, 7) is 2.00. The number of benzene rings is 1. The van der Waals surface area contributed by atoms with Crippen molar-refractivity contribution in [1.82, 2.24) is 15.0 Å². The van der Waals surface area contributed by atoms with Crippen molar-refractivity contribution < 1.29 is 23.2 Å². The molecule has 1 aliphatic rings. The molecule has 1 aromatic carbocycles. The summed E-state index contributed by atoms with van der Waals surface area (Å²) in [4.78, 5) is 39.9. The lowest BCUT2D eigenvalue weighted by molar-refractivity contribution is -0.385. The minimum atomic E-state index is -0.890. The van der Waals surface area contributed by atoms with Crippen LogP contribution in [-0.4, -0.2) is 45.2 Å². The van der Waals surface area contributed by atoms with E-state index in [0.29, 0.717) is 18.2 Å². The van der Waals surface area contributed by atoms with Gasteiger partial charge in [-0.25, -0.2) is 23.5 Å². The fraction of sp³-hybridized carbons (Fsp3) is 0.208. The largest absolute Gasteiger partial charge is 0.462 e. The van der Waals surface area contributed by atoms with Crippen molar-refractivity contribution in [3.05, 3.63) is 87.9 Å². The van der Waals surface area contributed by atoms with Gasteiger partial charge >= 0.3 is 5.97 Å². The lowest BCUT2D eigenvalue weighted by atomic mass is 9.92. The molecule has 3 aromatic rings. The summed E-state index contributed by atoms with van der Waals surface area (Å²) in [6.07, 6.45) is 7.97. The van der Waals surface area contributed by atoms with Crippen molar-refractivity contribution in [1.29, 1.82) is 0 Å². The van der Waals surface area contributed by atoms with E-state index in [2.05, 4.69) is 25.3 Å². The number of esters is 1. The van der Waals surface area contributed by atoms with Gasteiger partial charge in [-0.3, -0.25) is 20.1 Å². The Hall–Kier alpha value is -4.61. The maximum Gasteiger partial charge on any atom is 0.341 e. The predicted molar refractivity (Wildman–Crippen MR) is 127 cm³/mol. The summed E-state index contributed by atoms with van der Waals surface area (Å²) in [5.74, 6) is -2.30. The van der Waals surface area contributed by atoms with Crippen molar-refractivity contribution >= 4 is 23.8 Å². The lowest BCUT2D eigenvalue weighted by Gasteiger charge is -2.23. The third kappa shape index (κ3) is 5.06. The zero-order chi connectivity index (χ0) is 25.7. The number of hydrogen-bond acceptors (Lipinski definition) is 9. The Labute approximate surface area is 203 Å². The third-order valence-electron chi connectivity index (χ3n) is 5.42. The number of carbonyl (C=O) groups excluding carboxylic acids is 1. The first kappa shape index (κ1) is 24.5. The lowest BCUT2D eigenvalue weighted by Crippen LogP contribution is -2.25. The molecule has 12 heteroatoms. The number of anilines is 1. The fourth-order valence-corrected chi connectivity index (χ4v) is 3.68. The first-order valence-corrected chi connectivity index (χ1v) is 10.9. The summed E-state index contributed by atoms with van der Waals surface area (Å²) in [6, 6.07) is 5.86. The number of nitrogens with zero attached hydrogens (tertiary/aromatic N) is 5. The number of pyridine rings is 1. The maximum atomic E-state index is 14.5. The molecule has 0 radical (unpaired) electrons. The molecule has 1 N–H and O–H groups in total. The highest BCUT2D eigenvalue weighted by Gasteiger charge is 2.32. The molecular formula is C24H20F2N6O4. The van der Waals surface area contributed by atoms with Crippen molar-refractivity contribution in [3.63, 3.8) is 0 Å². The minimum absolute atomic E-state index is 0.0472. The smallest absolute Gasteiger partial charge is 0.341 e. The number of hydrogen-bond donors (Lipinski definition) is 1. The molecule has 0 spiro atoms. The van der Waals surface area contributed by atoms with E-state index in [1.807, 2.05) is 6.08 Å². The van der Waals surface area contributed by atoms with E-state index in [1.165, 1.54) is 24.5 Å². The van der Waals surface area contributed by atoms with Gasteiger partial charge in [0, 0.05) is 36.7 Å². The molecular weight excluding hydrogens is 474 g/mol. The summed E-state index contributed by atoms with van der Waals surface area (Å²) in [5.41, 5.74) is -0.656. The van der Waals surface area contributed by atoms with Gasteiger partial charge in [0.25, 0.3) is 5.69 Å². The molecule has 0 bridgehead atoms. The van der Waals surface area contributed by atoms with Crippen LogP contribution in [0, 0.1) is 21.7 Å². The van der Waals surface area contributed by atoms with Crippen molar-refractivity contribution in [2.24, 2.45) is 4.99 Å².